The zero-order valence-electron chi connectivity index (χ0n) is 12.6. The lowest BCUT2D eigenvalue weighted by Crippen LogP contribution is -2.43. The number of piperidine rings is 1. The van der Waals surface area contributed by atoms with Gasteiger partial charge in [-0.1, -0.05) is 13.3 Å². The standard InChI is InChI=1S/C15H24BrN3O/c1-4-5-15(6-8-17-9-7-15)14(20)13-12(16)10-18-19(13)11(2)3/h10-11,17H,4-9H2,1-3H3. The molecule has 0 atom stereocenters. The monoisotopic (exact) mass is 341 g/mol. The summed E-state index contributed by atoms with van der Waals surface area (Å²) in [5.74, 6) is 0.263. The zero-order chi connectivity index (χ0) is 14.8. The molecule has 0 saturated carbocycles. The van der Waals surface area contributed by atoms with E-state index >= 15 is 0 Å². The highest BCUT2D eigenvalue weighted by molar-refractivity contribution is 9.10. The van der Waals surface area contributed by atoms with Crippen LogP contribution >= 0.6 is 15.9 Å². The summed E-state index contributed by atoms with van der Waals surface area (Å²) in [6.07, 6.45) is 5.60. The van der Waals surface area contributed by atoms with E-state index in [1.807, 2.05) is 4.68 Å². The fourth-order valence-corrected chi connectivity index (χ4v) is 3.62. The average molecular weight is 342 g/mol. The maximum Gasteiger partial charge on any atom is 0.188 e. The molecule has 1 aliphatic rings. The van der Waals surface area contributed by atoms with Gasteiger partial charge in [0.1, 0.15) is 5.69 Å². The molecule has 2 heterocycles. The van der Waals surface area contributed by atoms with Crippen molar-refractivity contribution >= 4 is 21.7 Å². The maximum atomic E-state index is 13.2. The quantitative estimate of drug-likeness (QED) is 0.832. The number of carbonyl (C=O) groups is 1. The van der Waals surface area contributed by atoms with Gasteiger partial charge in [-0.05, 0) is 62.1 Å². The van der Waals surface area contributed by atoms with Crippen LogP contribution in [0.5, 0.6) is 0 Å². The van der Waals surface area contributed by atoms with E-state index in [2.05, 4.69) is 47.1 Å². The van der Waals surface area contributed by atoms with Crippen LogP contribution < -0.4 is 5.32 Å². The number of aromatic nitrogens is 2. The van der Waals surface area contributed by atoms with Crippen molar-refractivity contribution in [2.45, 2.75) is 52.5 Å². The second kappa shape index (κ2) is 6.39. The third-order valence-corrected chi connectivity index (χ3v) is 4.81. The first-order valence-corrected chi connectivity index (χ1v) is 8.29. The van der Waals surface area contributed by atoms with Crippen molar-refractivity contribution in [1.82, 2.24) is 15.1 Å². The number of nitrogens with zero attached hydrogens (tertiary/aromatic N) is 2. The van der Waals surface area contributed by atoms with Gasteiger partial charge in [0.15, 0.2) is 5.78 Å². The Balaban J connectivity index is 2.39. The molecule has 0 aromatic carbocycles. The molecule has 5 heteroatoms. The SMILES string of the molecule is CCCC1(C(=O)c2c(Br)cnn2C(C)C)CCNCC1. The van der Waals surface area contributed by atoms with Crippen LogP contribution in [0, 0.1) is 5.41 Å². The molecule has 0 aliphatic carbocycles. The second-order valence-electron chi connectivity index (χ2n) is 5.99. The molecule has 1 N–H and O–H groups in total. The Kier molecular flexibility index (Phi) is 5.02. The molecular weight excluding hydrogens is 318 g/mol. The number of ketones is 1. The first-order valence-electron chi connectivity index (χ1n) is 7.50. The van der Waals surface area contributed by atoms with E-state index in [1.54, 1.807) is 6.20 Å². The van der Waals surface area contributed by atoms with Crippen LogP contribution in [0.4, 0.5) is 0 Å². The normalized spacial score (nSPS) is 18.4. The van der Waals surface area contributed by atoms with E-state index in [1.165, 1.54) is 0 Å². The molecule has 0 amide bonds. The molecule has 1 aromatic heterocycles. The lowest BCUT2D eigenvalue weighted by atomic mass is 9.71. The number of hydrogen-bond acceptors (Lipinski definition) is 3. The van der Waals surface area contributed by atoms with Gasteiger partial charge in [-0.25, -0.2) is 0 Å². The van der Waals surface area contributed by atoms with Crippen molar-refractivity contribution in [1.29, 1.82) is 0 Å². The fourth-order valence-electron chi connectivity index (χ4n) is 3.17. The van der Waals surface area contributed by atoms with E-state index in [-0.39, 0.29) is 17.2 Å². The third-order valence-electron chi connectivity index (χ3n) is 4.23. The van der Waals surface area contributed by atoms with E-state index in [4.69, 9.17) is 0 Å². The van der Waals surface area contributed by atoms with Gasteiger partial charge < -0.3 is 5.32 Å². The third kappa shape index (κ3) is 2.84. The van der Waals surface area contributed by atoms with Gasteiger partial charge in [0.05, 0.1) is 10.7 Å². The summed E-state index contributed by atoms with van der Waals surface area (Å²) in [5.41, 5.74) is 0.533. The van der Waals surface area contributed by atoms with E-state index in [0.717, 1.165) is 48.9 Å². The average Bonchev–Trinajstić information content (AvgIpc) is 2.81. The Morgan fingerprint density at radius 1 is 1.50 bits per heavy atom. The molecule has 1 saturated heterocycles. The smallest absolute Gasteiger partial charge is 0.188 e. The number of hydrogen-bond donors (Lipinski definition) is 1. The minimum atomic E-state index is -0.213. The predicted molar refractivity (Wildman–Crippen MR) is 84.1 cm³/mol. The van der Waals surface area contributed by atoms with Gasteiger partial charge in [0.25, 0.3) is 0 Å². The lowest BCUT2D eigenvalue weighted by Gasteiger charge is -2.36. The van der Waals surface area contributed by atoms with Crippen LogP contribution in [-0.2, 0) is 0 Å². The van der Waals surface area contributed by atoms with Crippen LogP contribution in [0.25, 0.3) is 0 Å². The highest BCUT2D eigenvalue weighted by Gasteiger charge is 2.41. The first kappa shape index (κ1) is 15.7. The summed E-state index contributed by atoms with van der Waals surface area (Å²) in [7, 11) is 0. The van der Waals surface area contributed by atoms with Crippen molar-refractivity contribution in [3.8, 4) is 0 Å². The topological polar surface area (TPSA) is 46.9 Å². The largest absolute Gasteiger partial charge is 0.317 e. The van der Waals surface area contributed by atoms with Crippen molar-refractivity contribution in [2.24, 2.45) is 5.41 Å². The Labute approximate surface area is 129 Å². The Hall–Kier alpha value is -0.680. The number of rotatable bonds is 5. The van der Waals surface area contributed by atoms with Crippen LogP contribution in [-0.4, -0.2) is 28.7 Å². The van der Waals surface area contributed by atoms with Gasteiger partial charge in [0.2, 0.25) is 0 Å². The summed E-state index contributed by atoms with van der Waals surface area (Å²) >= 11 is 3.51. The predicted octanol–water partition coefficient (Wildman–Crippen LogP) is 3.58. The number of nitrogens with one attached hydrogen (secondary N) is 1. The molecule has 1 aliphatic heterocycles. The second-order valence-corrected chi connectivity index (χ2v) is 6.84. The summed E-state index contributed by atoms with van der Waals surface area (Å²) in [4.78, 5) is 13.2. The minimum Gasteiger partial charge on any atom is -0.317 e. The molecule has 4 nitrogen and oxygen atoms in total. The summed E-state index contributed by atoms with van der Waals surface area (Å²) < 4.78 is 2.68. The molecule has 112 valence electrons. The van der Waals surface area contributed by atoms with Crippen molar-refractivity contribution in [3.63, 3.8) is 0 Å². The summed E-state index contributed by atoms with van der Waals surface area (Å²) in [6.45, 7) is 8.14. The van der Waals surface area contributed by atoms with Crippen molar-refractivity contribution < 1.29 is 4.79 Å². The zero-order valence-corrected chi connectivity index (χ0v) is 14.2. The number of Topliss-reactive ketones (excluding diaryl/α,β-unsaturated/α-hetero) is 1. The number of halogens is 1. The Morgan fingerprint density at radius 3 is 2.70 bits per heavy atom. The molecule has 2 rings (SSSR count). The molecule has 0 radical (unpaired) electrons. The van der Waals surface area contributed by atoms with Crippen LogP contribution in [0.1, 0.15) is 63.0 Å². The maximum absolute atomic E-state index is 13.2. The van der Waals surface area contributed by atoms with Gasteiger partial charge in [-0.2, -0.15) is 5.10 Å². The van der Waals surface area contributed by atoms with Gasteiger partial charge in [-0.15, -0.1) is 0 Å². The van der Waals surface area contributed by atoms with Gasteiger partial charge in [-0.3, -0.25) is 9.48 Å². The van der Waals surface area contributed by atoms with Crippen molar-refractivity contribution in [2.75, 3.05) is 13.1 Å². The van der Waals surface area contributed by atoms with Crippen LogP contribution in [0.3, 0.4) is 0 Å². The highest BCUT2D eigenvalue weighted by atomic mass is 79.9. The van der Waals surface area contributed by atoms with E-state index in [9.17, 15) is 4.79 Å². The van der Waals surface area contributed by atoms with Crippen LogP contribution in [0.15, 0.2) is 10.7 Å². The van der Waals surface area contributed by atoms with Gasteiger partial charge in [0, 0.05) is 11.5 Å². The molecule has 20 heavy (non-hydrogen) atoms. The van der Waals surface area contributed by atoms with Gasteiger partial charge >= 0.3 is 0 Å². The number of carbonyl (C=O) groups excluding carboxylic acids is 1. The Morgan fingerprint density at radius 2 is 2.15 bits per heavy atom. The van der Waals surface area contributed by atoms with Crippen molar-refractivity contribution in [3.05, 3.63) is 16.4 Å². The molecular formula is C15H24BrN3O. The fraction of sp³-hybridized carbons (Fsp3) is 0.733. The first-order chi connectivity index (χ1) is 9.52. The van der Waals surface area contributed by atoms with E-state index in [0.29, 0.717) is 0 Å². The summed E-state index contributed by atoms with van der Waals surface area (Å²) in [5, 5.41) is 7.72. The molecule has 0 bridgehead atoms. The van der Waals surface area contributed by atoms with Crippen LogP contribution in [0.2, 0.25) is 0 Å². The summed E-state index contributed by atoms with van der Waals surface area (Å²) in [6, 6.07) is 0.195. The Bertz CT molecular complexity index is 470. The molecule has 1 fully saturated rings. The lowest BCUT2D eigenvalue weighted by molar-refractivity contribution is 0.0689. The molecule has 0 spiro atoms. The molecule has 1 aromatic rings. The molecule has 0 unspecified atom stereocenters. The van der Waals surface area contributed by atoms with E-state index < -0.39 is 0 Å². The minimum absolute atomic E-state index is 0.195. The highest BCUT2D eigenvalue weighted by Crippen LogP contribution is 2.39.